The second kappa shape index (κ2) is 6.45. The molecule has 0 amide bonds. The summed E-state index contributed by atoms with van der Waals surface area (Å²) in [6.45, 7) is 4.23. The first-order valence-electron chi connectivity index (χ1n) is 7.21. The van der Waals surface area contributed by atoms with Crippen molar-refractivity contribution >= 4 is 5.97 Å². The standard InChI is InChI=1S/C16H22O5/c1-11(2)21-10-12(17)9-16(15(18)19)7-8-20-14-6-4-3-5-13(14)16/h3-6,11-12,17H,7-10H2,1-2H3,(H,18,19). The Balaban J connectivity index is 2.24. The van der Waals surface area contributed by atoms with Gasteiger partial charge in [0, 0.05) is 12.0 Å². The van der Waals surface area contributed by atoms with Crippen LogP contribution in [-0.2, 0) is 14.9 Å². The van der Waals surface area contributed by atoms with Crippen LogP contribution in [0, 0.1) is 0 Å². The molecule has 5 heteroatoms. The molecule has 1 aliphatic heterocycles. The fourth-order valence-corrected chi connectivity index (χ4v) is 2.74. The summed E-state index contributed by atoms with van der Waals surface area (Å²) in [4.78, 5) is 11.9. The van der Waals surface area contributed by atoms with Crippen molar-refractivity contribution in [2.24, 2.45) is 0 Å². The molecule has 2 rings (SSSR count). The zero-order chi connectivity index (χ0) is 15.5. The smallest absolute Gasteiger partial charge is 0.314 e. The molecule has 1 aromatic carbocycles. The van der Waals surface area contributed by atoms with Crippen molar-refractivity contribution in [3.8, 4) is 5.75 Å². The van der Waals surface area contributed by atoms with Crippen LogP contribution in [0.15, 0.2) is 24.3 Å². The lowest BCUT2D eigenvalue weighted by atomic mass is 9.72. The topological polar surface area (TPSA) is 76.0 Å². The van der Waals surface area contributed by atoms with Crippen molar-refractivity contribution in [1.29, 1.82) is 0 Å². The van der Waals surface area contributed by atoms with Crippen LogP contribution in [0.5, 0.6) is 5.75 Å². The average Bonchev–Trinajstić information content (AvgIpc) is 2.45. The highest BCUT2D eigenvalue weighted by molar-refractivity contribution is 5.83. The second-order valence-electron chi connectivity index (χ2n) is 5.72. The fourth-order valence-electron chi connectivity index (χ4n) is 2.74. The number of carboxylic acid groups (broad SMARTS) is 1. The Morgan fingerprint density at radius 2 is 2.14 bits per heavy atom. The molecule has 0 radical (unpaired) electrons. The number of aliphatic hydroxyl groups excluding tert-OH is 1. The van der Waals surface area contributed by atoms with Gasteiger partial charge in [0.2, 0.25) is 0 Å². The molecule has 0 spiro atoms. The van der Waals surface area contributed by atoms with Crippen LogP contribution >= 0.6 is 0 Å². The third-order valence-corrected chi connectivity index (χ3v) is 3.80. The number of para-hydroxylation sites is 1. The van der Waals surface area contributed by atoms with Gasteiger partial charge in [0.1, 0.15) is 11.2 Å². The van der Waals surface area contributed by atoms with E-state index in [1.165, 1.54) is 0 Å². The van der Waals surface area contributed by atoms with Gasteiger partial charge in [0.25, 0.3) is 0 Å². The number of carbonyl (C=O) groups is 1. The Morgan fingerprint density at radius 1 is 1.43 bits per heavy atom. The highest BCUT2D eigenvalue weighted by atomic mass is 16.5. The molecule has 0 fully saturated rings. The molecule has 0 aliphatic carbocycles. The van der Waals surface area contributed by atoms with Gasteiger partial charge in [-0.25, -0.2) is 0 Å². The number of hydrogen-bond acceptors (Lipinski definition) is 4. The van der Waals surface area contributed by atoms with Gasteiger partial charge in [-0.2, -0.15) is 0 Å². The fraction of sp³-hybridized carbons (Fsp3) is 0.562. The Morgan fingerprint density at radius 3 is 2.81 bits per heavy atom. The first kappa shape index (κ1) is 15.8. The number of rotatable bonds is 6. The van der Waals surface area contributed by atoms with E-state index in [9.17, 15) is 15.0 Å². The lowest BCUT2D eigenvalue weighted by Crippen LogP contribution is -2.44. The molecule has 2 unspecified atom stereocenters. The molecule has 21 heavy (non-hydrogen) atoms. The van der Waals surface area contributed by atoms with Gasteiger partial charge in [-0.05, 0) is 26.3 Å². The summed E-state index contributed by atoms with van der Waals surface area (Å²) >= 11 is 0. The highest BCUT2D eigenvalue weighted by Crippen LogP contribution is 2.42. The van der Waals surface area contributed by atoms with E-state index in [0.29, 0.717) is 24.3 Å². The molecule has 1 aliphatic rings. The summed E-state index contributed by atoms with van der Waals surface area (Å²) in [6, 6.07) is 7.14. The van der Waals surface area contributed by atoms with Crippen molar-refractivity contribution in [2.45, 2.75) is 44.3 Å². The first-order valence-corrected chi connectivity index (χ1v) is 7.21. The molecular weight excluding hydrogens is 272 g/mol. The van der Waals surface area contributed by atoms with Crippen LogP contribution in [0.3, 0.4) is 0 Å². The highest BCUT2D eigenvalue weighted by Gasteiger charge is 2.46. The average molecular weight is 294 g/mol. The van der Waals surface area contributed by atoms with Crippen molar-refractivity contribution in [1.82, 2.24) is 0 Å². The minimum Gasteiger partial charge on any atom is -0.493 e. The molecule has 1 aromatic rings. The summed E-state index contributed by atoms with van der Waals surface area (Å²) in [5.41, 5.74) is -0.485. The van der Waals surface area contributed by atoms with Crippen molar-refractivity contribution < 1.29 is 24.5 Å². The maximum atomic E-state index is 11.9. The van der Waals surface area contributed by atoms with E-state index in [1.54, 1.807) is 18.2 Å². The van der Waals surface area contributed by atoms with Gasteiger partial charge in [-0.3, -0.25) is 4.79 Å². The maximum Gasteiger partial charge on any atom is 0.314 e. The quantitative estimate of drug-likeness (QED) is 0.839. The van der Waals surface area contributed by atoms with E-state index in [4.69, 9.17) is 9.47 Å². The molecule has 5 nitrogen and oxygen atoms in total. The maximum absolute atomic E-state index is 11.9. The Hall–Kier alpha value is -1.59. The van der Waals surface area contributed by atoms with E-state index in [-0.39, 0.29) is 19.1 Å². The number of ether oxygens (including phenoxy) is 2. The van der Waals surface area contributed by atoms with Gasteiger partial charge >= 0.3 is 5.97 Å². The van der Waals surface area contributed by atoms with Crippen LogP contribution in [0.1, 0.15) is 32.3 Å². The number of hydrogen-bond donors (Lipinski definition) is 2. The zero-order valence-corrected chi connectivity index (χ0v) is 12.4. The number of carboxylic acids is 1. The summed E-state index contributed by atoms with van der Waals surface area (Å²) in [7, 11) is 0. The molecule has 2 N–H and O–H groups in total. The van der Waals surface area contributed by atoms with Gasteiger partial charge in [0.05, 0.1) is 25.4 Å². The summed E-state index contributed by atoms with van der Waals surface area (Å²) < 4.78 is 10.9. The molecule has 0 saturated heterocycles. The molecule has 0 aromatic heterocycles. The lowest BCUT2D eigenvalue weighted by molar-refractivity contribution is -0.147. The molecule has 2 atom stereocenters. The number of aliphatic hydroxyl groups is 1. The Kier molecular flexibility index (Phi) is 4.85. The van der Waals surface area contributed by atoms with E-state index in [1.807, 2.05) is 19.9 Å². The predicted molar refractivity (Wildman–Crippen MR) is 77.6 cm³/mol. The van der Waals surface area contributed by atoms with Crippen LogP contribution in [-0.4, -0.2) is 41.6 Å². The van der Waals surface area contributed by atoms with Crippen molar-refractivity contribution in [2.75, 3.05) is 13.2 Å². The van der Waals surface area contributed by atoms with Gasteiger partial charge < -0.3 is 19.7 Å². The lowest BCUT2D eigenvalue weighted by Gasteiger charge is -2.36. The SMILES string of the molecule is CC(C)OCC(O)CC1(C(=O)O)CCOc2ccccc21. The molecular formula is C16H22O5. The molecule has 1 heterocycles. The summed E-state index contributed by atoms with van der Waals surface area (Å²) in [5, 5.41) is 19.9. The normalized spacial score (nSPS) is 22.5. The van der Waals surface area contributed by atoms with Crippen molar-refractivity contribution in [3.63, 3.8) is 0 Å². The van der Waals surface area contributed by atoms with Gasteiger partial charge in [-0.1, -0.05) is 18.2 Å². The van der Waals surface area contributed by atoms with Crippen LogP contribution < -0.4 is 4.74 Å². The summed E-state index contributed by atoms with van der Waals surface area (Å²) in [5.74, 6) is -0.343. The number of fused-ring (bicyclic) bond motifs is 1. The minimum absolute atomic E-state index is 0.00223. The Labute approximate surface area is 124 Å². The van der Waals surface area contributed by atoms with Gasteiger partial charge in [0.15, 0.2) is 0 Å². The number of aliphatic carboxylic acids is 1. The predicted octanol–water partition coefficient (Wildman–Crippen LogP) is 1.97. The number of benzene rings is 1. The third-order valence-electron chi connectivity index (χ3n) is 3.80. The van der Waals surface area contributed by atoms with E-state index >= 15 is 0 Å². The van der Waals surface area contributed by atoms with Crippen LogP contribution in [0.4, 0.5) is 0 Å². The zero-order valence-electron chi connectivity index (χ0n) is 12.4. The molecule has 116 valence electrons. The largest absolute Gasteiger partial charge is 0.493 e. The van der Waals surface area contributed by atoms with E-state index in [2.05, 4.69) is 0 Å². The molecule has 0 saturated carbocycles. The minimum atomic E-state index is -1.12. The van der Waals surface area contributed by atoms with Crippen molar-refractivity contribution in [3.05, 3.63) is 29.8 Å². The van der Waals surface area contributed by atoms with Gasteiger partial charge in [-0.15, -0.1) is 0 Å². The summed E-state index contributed by atoms with van der Waals surface area (Å²) in [6.07, 6.45) is -0.356. The van der Waals surface area contributed by atoms with Crippen LogP contribution in [0.2, 0.25) is 0 Å². The van der Waals surface area contributed by atoms with E-state index in [0.717, 1.165) is 0 Å². The first-order chi connectivity index (χ1) is 9.95. The van der Waals surface area contributed by atoms with Crippen LogP contribution in [0.25, 0.3) is 0 Å². The van der Waals surface area contributed by atoms with E-state index < -0.39 is 17.5 Å². The monoisotopic (exact) mass is 294 g/mol. The second-order valence-corrected chi connectivity index (χ2v) is 5.72. The Bertz CT molecular complexity index is 499. The third kappa shape index (κ3) is 3.36. The molecule has 0 bridgehead atoms.